The van der Waals surface area contributed by atoms with Gasteiger partial charge in [-0.15, -0.1) is 0 Å². The molecule has 0 aliphatic rings. The Balaban J connectivity index is 1.80. The summed E-state index contributed by atoms with van der Waals surface area (Å²) >= 11 is 0. The first-order valence-corrected chi connectivity index (χ1v) is 7.15. The summed E-state index contributed by atoms with van der Waals surface area (Å²) in [5.41, 5.74) is 0.796. The average molecular weight is 285 g/mol. The van der Waals surface area contributed by atoms with E-state index in [1.165, 1.54) is 0 Å². The number of amides is 1. The fourth-order valence-corrected chi connectivity index (χ4v) is 2.23. The fourth-order valence-electron chi connectivity index (χ4n) is 2.23. The molecule has 0 unspecified atom stereocenters. The maximum atomic E-state index is 11.8. The summed E-state index contributed by atoms with van der Waals surface area (Å²) in [5.74, 6) is -0.809. The fraction of sp³-hybridized carbons (Fsp3) is 0.294. The van der Waals surface area contributed by atoms with E-state index in [1.807, 2.05) is 42.5 Å². The van der Waals surface area contributed by atoms with Gasteiger partial charge in [-0.3, -0.25) is 9.59 Å². The smallest absolute Gasteiger partial charge is 0.303 e. The van der Waals surface area contributed by atoms with E-state index in [4.69, 9.17) is 5.11 Å². The summed E-state index contributed by atoms with van der Waals surface area (Å²) in [5, 5.41) is 13.6. The molecule has 0 saturated carbocycles. The van der Waals surface area contributed by atoms with E-state index in [0.717, 1.165) is 22.9 Å². The van der Waals surface area contributed by atoms with Crippen molar-refractivity contribution in [1.29, 1.82) is 0 Å². The number of unbranched alkanes of at least 4 members (excludes halogenated alkanes) is 2. The molecule has 110 valence electrons. The van der Waals surface area contributed by atoms with Crippen molar-refractivity contribution in [3.63, 3.8) is 0 Å². The number of anilines is 1. The number of hydrogen-bond acceptors (Lipinski definition) is 2. The number of carboxylic acid groups (broad SMARTS) is 1. The van der Waals surface area contributed by atoms with Crippen molar-refractivity contribution >= 4 is 28.3 Å². The molecule has 0 aliphatic carbocycles. The van der Waals surface area contributed by atoms with Gasteiger partial charge in [-0.2, -0.15) is 0 Å². The highest BCUT2D eigenvalue weighted by Gasteiger charge is 2.04. The third-order valence-electron chi connectivity index (χ3n) is 3.33. The standard InChI is InChI=1S/C17H19NO3/c19-16(8-2-1-3-9-17(20)21)18-15-11-10-13-6-4-5-7-14(13)12-15/h4-7,10-12H,1-3,8-9H2,(H,18,19)(H,20,21). The quantitative estimate of drug-likeness (QED) is 0.760. The van der Waals surface area contributed by atoms with E-state index in [2.05, 4.69) is 5.32 Å². The first-order chi connectivity index (χ1) is 10.1. The molecule has 0 fully saturated rings. The first kappa shape index (κ1) is 15.0. The molecule has 21 heavy (non-hydrogen) atoms. The molecule has 1 amide bonds. The van der Waals surface area contributed by atoms with Crippen LogP contribution in [0.4, 0.5) is 5.69 Å². The highest BCUT2D eigenvalue weighted by atomic mass is 16.4. The Labute approximate surface area is 123 Å². The molecule has 2 aromatic rings. The maximum Gasteiger partial charge on any atom is 0.303 e. The van der Waals surface area contributed by atoms with E-state index in [0.29, 0.717) is 19.3 Å². The molecule has 2 aromatic carbocycles. The highest BCUT2D eigenvalue weighted by Crippen LogP contribution is 2.19. The van der Waals surface area contributed by atoms with Gasteiger partial charge in [-0.1, -0.05) is 36.8 Å². The van der Waals surface area contributed by atoms with Crippen molar-refractivity contribution in [1.82, 2.24) is 0 Å². The van der Waals surface area contributed by atoms with Crippen molar-refractivity contribution in [3.05, 3.63) is 42.5 Å². The van der Waals surface area contributed by atoms with E-state index in [9.17, 15) is 9.59 Å². The Kier molecular flexibility index (Phi) is 5.32. The SMILES string of the molecule is O=C(O)CCCCCC(=O)Nc1ccc2ccccc2c1. The Morgan fingerprint density at radius 3 is 2.38 bits per heavy atom. The molecule has 0 bridgehead atoms. The summed E-state index contributed by atoms with van der Waals surface area (Å²) in [7, 11) is 0. The van der Waals surface area contributed by atoms with Crippen LogP contribution in [0.1, 0.15) is 32.1 Å². The Hall–Kier alpha value is -2.36. The second-order valence-electron chi connectivity index (χ2n) is 5.06. The van der Waals surface area contributed by atoms with E-state index in [1.54, 1.807) is 0 Å². The summed E-state index contributed by atoms with van der Waals surface area (Å²) in [6, 6.07) is 13.8. The van der Waals surface area contributed by atoms with Crippen LogP contribution in [0.25, 0.3) is 10.8 Å². The van der Waals surface area contributed by atoms with Crippen LogP contribution in [0.15, 0.2) is 42.5 Å². The summed E-state index contributed by atoms with van der Waals surface area (Å²) in [4.78, 5) is 22.2. The molecule has 2 rings (SSSR count). The van der Waals surface area contributed by atoms with Gasteiger partial charge < -0.3 is 10.4 Å². The van der Waals surface area contributed by atoms with Crippen molar-refractivity contribution in [2.24, 2.45) is 0 Å². The van der Waals surface area contributed by atoms with Crippen LogP contribution >= 0.6 is 0 Å². The molecule has 0 spiro atoms. The van der Waals surface area contributed by atoms with Gasteiger partial charge in [-0.05, 0) is 35.7 Å². The lowest BCUT2D eigenvalue weighted by Crippen LogP contribution is -2.11. The molecular formula is C17H19NO3. The third-order valence-corrected chi connectivity index (χ3v) is 3.33. The Morgan fingerprint density at radius 1 is 0.905 bits per heavy atom. The number of nitrogens with one attached hydrogen (secondary N) is 1. The van der Waals surface area contributed by atoms with Gasteiger partial charge in [0.05, 0.1) is 0 Å². The van der Waals surface area contributed by atoms with Crippen molar-refractivity contribution in [3.8, 4) is 0 Å². The largest absolute Gasteiger partial charge is 0.481 e. The minimum Gasteiger partial charge on any atom is -0.481 e. The molecule has 2 N–H and O–H groups in total. The molecule has 0 aromatic heterocycles. The molecule has 4 heteroatoms. The van der Waals surface area contributed by atoms with Crippen LogP contribution in [0.2, 0.25) is 0 Å². The number of carbonyl (C=O) groups is 2. The van der Waals surface area contributed by atoms with Gasteiger partial charge in [0, 0.05) is 18.5 Å². The normalized spacial score (nSPS) is 10.5. The molecule has 4 nitrogen and oxygen atoms in total. The van der Waals surface area contributed by atoms with Gasteiger partial charge in [0.25, 0.3) is 0 Å². The van der Waals surface area contributed by atoms with Crippen LogP contribution in [-0.4, -0.2) is 17.0 Å². The first-order valence-electron chi connectivity index (χ1n) is 7.15. The van der Waals surface area contributed by atoms with Gasteiger partial charge in [-0.25, -0.2) is 0 Å². The highest BCUT2D eigenvalue weighted by molar-refractivity contribution is 5.94. The number of aliphatic carboxylic acids is 1. The van der Waals surface area contributed by atoms with E-state index < -0.39 is 5.97 Å². The third kappa shape index (κ3) is 4.91. The van der Waals surface area contributed by atoms with E-state index >= 15 is 0 Å². The predicted molar refractivity (Wildman–Crippen MR) is 83.3 cm³/mol. The number of fused-ring (bicyclic) bond motifs is 1. The van der Waals surface area contributed by atoms with Gasteiger partial charge in [0.2, 0.25) is 5.91 Å². The predicted octanol–water partition coefficient (Wildman–Crippen LogP) is 3.81. The van der Waals surface area contributed by atoms with Gasteiger partial charge >= 0.3 is 5.97 Å². The molecule has 0 heterocycles. The zero-order chi connectivity index (χ0) is 15.1. The zero-order valence-electron chi connectivity index (χ0n) is 11.8. The maximum absolute atomic E-state index is 11.8. The average Bonchev–Trinajstić information content (AvgIpc) is 2.46. The summed E-state index contributed by atoms with van der Waals surface area (Å²) in [6.45, 7) is 0. The Bertz CT molecular complexity index is 637. The molecule has 0 radical (unpaired) electrons. The zero-order valence-corrected chi connectivity index (χ0v) is 11.8. The monoisotopic (exact) mass is 285 g/mol. The minimum absolute atomic E-state index is 0.0272. The topological polar surface area (TPSA) is 66.4 Å². The van der Waals surface area contributed by atoms with Gasteiger partial charge in [0.15, 0.2) is 0 Å². The van der Waals surface area contributed by atoms with Crippen LogP contribution < -0.4 is 5.32 Å². The van der Waals surface area contributed by atoms with Crippen molar-refractivity contribution in [2.75, 3.05) is 5.32 Å². The summed E-state index contributed by atoms with van der Waals surface area (Å²) < 4.78 is 0. The summed E-state index contributed by atoms with van der Waals surface area (Å²) in [6.07, 6.45) is 2.70. The van der Waals surface area contributed by atoms with Crippen molar-refractivity contribution < 1.29 is 14.7 Å². The molecule has 0 saturated heterocycles. The number of benzene rings is 2. The van der Waals surface area contributed by atoms with Gasteiger partial charge in [0.1, 0.15) is 0 Å². The number of rotatable bonds is 7. The van der Waals surface area contributed by atoms with Crippen LogP contribution in [0.3, 0.4) is 0 Å². The van der Waals surface area contributed by atoms with Crippen LogP contribution in [-0.2, 0) is 9.59 Å². The molecule has 0 atom stereocenters. The lowest BCUT2D eigenvalue weighted by atomic mass is 10.1. The molecular weight excluding hydrogens is 266 g/mol. The van der Waals surface area contributed by atoms with Crippen LogP contribution in [0, 0.1) is 0 Å². The van der Waals surface area contributed by atoms with E-state index in [-0.39, 0.29) is 12.3 Å². The minimum atomic E-state index is -0.782. The second-order valence-corrected chi connectivity index (χ2v) is 5.06. The Morgan fingerprint density at radius 2 is 1.62 bits per heavy atom. The number of hydrogen-bond donors (Lipinski definition) is 2. The van der Waals surface area contributed by atoms with Crippen molar-refractivity contribution in [2.45, 2.75) is 32.1 Å². The number of carboxylic acids is 1. The number of carbonyl (C=O) groups excluding carboxylic acids is 1. The second kappa shape index (κ2) is 7.43. The lowest BCUT2D eigenvalue weighted by Gasteiger charge is -2.06. The van der Waals surface area contributed by atoms with Crippen LogP contribution in [0.5, 0.6) is 0 Å². The molecule has 0 aliphatic heterocycles. The lowest BCUT2D eigenvalue weighted by molar-refractivity contribution is -0.137.